The molecule has 0 unspecified atom stereocenters. The zero-order chi connectivity index (χ0) is 14.1. The van der Waals surface area contributed by atoms with Crippen molar-refractivity contribution in [2.24, 2.45) is 4.99 Å². The van der Waals surface area contributed by atoms with Gasteiger partial charge in [-0.1, -0.05) is 23.9 Å². The molecule has 104 valence electrons. The molecule has 0 bridgehead atoms. The van der Waals surface area contributed by atoms with Crippen LogP contribution >= 0.6 is 11.8 Å². The summed E-state index contributed by atoms with van der Waals surface area (Å²) < 4.78 is 0. The van der Waals surface area contributed by atoms with Crippen molar-refractivity contribution in [2.45, 2.75) is 25.7 Å². The normalized spacial score (nSPS) is 20.3. The van der Waals surface area contributed by atoms with Crippen LogP contribution in [0.1, 0.15) is 24.0 Å². The average molecular weight is 290 g/mol. The Kier molecular flexibility index (Phi) is 3.48. The first-order chi connectivity index (χ1) is 9.66. The summed E-state index contributed by atoms with van der Waals surface area (Å²) in [7, 11) is 0. The van der Waals surface area contributed by atoms with Gasteiger partial charge >= 0.3 is 6.09 Å². The molecule has 0 radical (unpaired) electrons. The van der Waals surface area contributed by atoms with Gasteiger partial charge in [-0.2, -0.15) is 4.99 Å². The number of amidine groups is 1. The first kappa shape index (κ1) is 13.2. The van der Waals surface area contributed by atoms with Gasteiger partial charge in [0.2, 0.25) is 5.91 Å². The molecule has 1 N–H and O–H groups in total. The molecule has 0 aromatic heterocycles. The highest BCUT2D eigenvalue weighted by atomic mass is 32.2. The van der Waals surface area contributed by atoms with Gasteiger partial charge in [-0.3, -0.25) is 9.69 Å². The van der Waals surface area contributed by atoms with E-state index in [9.17, 15) is 9.59 Å². The summed E-state index contributed by atoms with van der Waals surface area (Å²) in [5.74, 6) is 0.143. The highest BCUT2D eigenvalue weighted by Gasteiger charge is 2.32. The molecule has 20 heavy (non-hydrogen) atoms. The van der Waals surface area contributed by atoms with Crippen molar-refractivity contribution < 1.29 is 14.7 Å². The van der Waals surface area contributed by atoms with Crippen molar-refractivity contribution in [1.82, 2.24) is 0 Å². The number of hydrogen-bond donors (Lipinski definition) is 1. The first-order valence-electron chi connectivity index (χ1n) is 6.55. The standard InChI is InChI=1S/C14H14N2O3S/c17-12-8-20-13(15-14(18)19)16(12)11-7-3-5-9-4-1-2-6-10(9)11/h3,5,7H,1-2,4,6,8H2,(H,18,19). The molecule has 1 fully saturated rings. The Hall–Kier alpha value is -1.82. The van der Waals surface area contributed by atoms with Gasteiger partial charge in [0.15, 0.2) is 5.17 Å². The quantitative estimate of drug-likeness (QED) is 0.863. The van der Waals surface area contributed by atoms with E-state index in [2.05, 4.69) is 11.1 Å². The van der Waals surface area contributed by atoms with E-state index in [-0.39, 0.29) is 16.8 Å². The summed E-state index contributed by atoms with van der Waals surface area (Å²) in [4.78, 5) is 27.9. The van der Waals surface area contributed by atoms with Crippen LogP contribution in [0.5, 0.6) is 0 Å². The lowest BCUT2D eigenvalue weighted by Crippen LogP contribution is -2.31. The second kappa shape index (κ2) is 5.28. The molecule has 5 nitrogen and oxygen atoms in total. The van der Waals surface area contributed by atoms with E-state index in [1.165, 1.54) is 22.2 Å². The second-order valence-electron chi connectivity index (χ2n) is 4.82. The topological polar surface area (TPSA) is 70.0 Å². The fraction of sp³-hybridized carbons (Fsp3) is 0.357. The number of nitrogens with zero attached hydrogens (tertiary/aromatic N) is 2. The number of carbonyl (C=O) groups is 2. The van der Waals surface area contributed by atoms with Crippen LogP contribution in [0.25, 0.3) is 0 Å². The number of thioether (sulfide) groups is 1. The van der Waals surface area contributed by atoms with Crippen LogP contribution in [0.2, 0.25) is 0 Å². The zero-order valence-electron chi connectivity index (χ0n) is 10.8. The maximum Gasteiger partial charge on any atom is 0.433 e. The number of aryl methyl sites for hydroxylation is 1. The fourth-order valence-electron chi connectivity index (χ4n) is 2.73. The zero-order valence-corrected chi connectivity index (χ0v) is 11.7. The van der Waals surface area contributed by atoms with Gasteiger partial charge in [-0.25, -0.2) is 4.79 Å². The van der Waals surface area contributed by atoms with Crippen LogP contribution in [-0.4, -0.2) is 28.0 Å². The van der Waals surface area contributed by atoms with Gasteiger partial charge in [-0.15, -0.1) is 0 Å². The summed E-state index contributed by atoms with van der Waals surface area (Å²) in [6.07, 6.45) is 2.95. The van der Waals surface area contributed by atoms with Crippen LogP contribution < -0.4 is 4.90 Å². The van der Waals surface area contributed by atoms with Gasteiger partial charge in [0.05, 0.1) is 11.4 Å². The number of anilines is 1. The molecular formula is C14H14N2O3S. The molecule has 0 atom stereocenters. The number of fused-ring (bicyclic) bond motifs is 1. The summed E-state index contributed by atoms with van der Waals surface area (Å²) >= 11 is 1.18. The Morgan fingerprint density at radius 1 is 1.30 bits per heavy atom. The predicted molar refractivity (Wildman–Crippen MR) is 78.5 cm³/mol. The van der Waals surface area contributed by atoms with Crippen molar-refractivity contribution in [2.75, 3.05) is 10.7 Å². The monoisotopic (exact) mass is 290 g/mol. The smallest absolute Gasteiger partial charge is 0.433 e. The lowest BCUT2D eigenvalue weighted by Gasteiger charge is -2.24. The largest absolute Gasteiger partial charge is 0.463 e. The molecule has 1 aliphatic carbocycles. The molecule has 0 spiro atoms. The van der Waals surface area contributed by atoms with E-state index in [0.717, 1.165) is 36.9 Å². The highest BCUT2D eigenvalue weighted by Crippen LogP contribution is 2.34. The summed E-state index contributed by atoms with van der Waals surface area (Å²) in [5, 5.41) is 9.09. The van der Waals surface area contributed by atoms with E-state index in [1.807, 2.05) is 12.1 Å². The number of aliphatic imine (C=N–C) groups is 1. The van der Waals surface area contributed by atoms with E-state index in [4.69, 9.17) is 5.11 Å². The number of carbonyl (C=O) groups excluding carboxylic acids is 1. The summed E-state index contributed by atoms with van der Waals surface area (Å²) in [6.45, 7) is 0. The molecule has 2 aliphatic rings. The van der Waals surface area contributed by atoms with Crippen LogP contribution in [0, 0.1) is 0 Å². The highest BCUT2D eigenvalue weighted by molar-refractivity contribution is 8.15. The van der Waals surface area contributed by atoms with Crippen molar-refractivity contribution in [1.29, 1.82) is 0 Å². The lowest BCUT2D eigenvalue weighted by molar-refractivity contribution is -0.115. The van der Waals surface area contributed by atoms with Crippen LogP contribution in [0.3, 0.4) is 0 Å². The van der Waals surface area contributed by atoms with Gasteiger partial charge in [0.25, 0.3) is 0 Å². The summed E-state index contributed by atoms with van der Waals surface area (Å²) in [6, 6.07) is 5.89. The second-order valence-corrected chi connectivity index (χ2v) is 5.76. The first-order valence-corrected chi connectivity index (χ1v) is 7.53. The maximum absolute atomic E-state index is 12.1. The Bertz CT molecular complexity index is 612. The predicted octanol–water partition coefficient (Wildman–Crippen LogP) is 2.68. The minimum atomic E-state index is -1.27. The van der Waals surface area contributed by atoms with Crippen molar-refractivity contribution in [3.05, 3.63) is 29.3 Å². The van der Waals surface area contributed by atoms with Crippen LogP contribution in [0.4, 0.5) is 10.5 Å². The van der Waals surface area contributed by atoms with E-state index in [1.54, 1.807) is 0 Å². The fourth-order valence-corrected chi connectivity index (χ4v) is 3.59. The van der Waals surface area contributed by atoms with Crippen molar-refractivity contribution in [3.63, 3.8) is 0 Å². The average Bonchev–Trinajstić information content (AvgIpc) is 2.78. The molecular weight excluding hydrogens is 276 g/mol. The minimum absolute atomic E-state index is 0.103. The SMILES string of the molecule is O=C(O)N=C1SCC(=O)N1c1cccc2c1CCCC2. The summed E-state index contributed by atoms with van der Waals surface area (Å²) in [5.41, 5.74) is 3.22. The number of carboxylic acid groups (broad SMARTS) is 1. The maximum atomic E-state index is 12.1. The molecule has 3 rings (SSSR count). The third-order valence-electron chi connectivity index (χ3n) is 3.57. The van der Waals surface area contributed by atoms with Gasteiger partial charge < -0.3 is 5.11 Å². The molecule has 1 aromatic carbocycles. The number of amides is 2. The Morgan fingerprint density at radius 3 is 2.90 bits per heavy atom. The third-order valence-corrected chi connectivity index (χ3v) is 4.49. The van der Waals surface area contributed by atoms with E-state index >= 15 is 0 Å². The van der Waals surface area contributed by atoms with E-state index < -0.39 is 6.09 Å². The Balaban J connectivity index is 2.07. The molecule has 1 saturated heterocycles. The Morgan fingerprint density at radius 2 is 2.10 bits per heavy atom. The van der Waals surface area contributed by atoms with Crippen LogP contribution in [-0.2, 0) is 17.6 Å². The van der Waals surface area contributed by atoms with Gasteiger partial charge in [0.1, 0.15) is 0 Å². The number of hydrogen-bond acceptors (Lipinski definition) is 3. The molecule has 1 aliphatic heterocycles. The van der Waals surface area contributed by atoms with E-state index in [0.29, 0.717) is 0 Å². The molecule has 1 aromatic rings. The van der Waals surface area contributed by atoms with Crippen molar-refractivity contribution >= 4 is 34.6 Å². The van der Waals surface area contributed by atoms with Gasteiger partial charge in [0, 0.05) is 0 Å². The molecule has 1 heterocycles. The lowest BCUT2D eigenvalue weighted by atomic mass is 9.90. The van der Waals surface area contributed by atoms with Crippen molar-refractivity contribution in [3.8, 4) is 0 Å². The van der Waals surface area contributed by atoms with Gasteiger partial charge in [-0.05, 0) is 42.9 Å². The number of benzene rings is 1. The number of rotatable bonds is 1. The molecule has 0 saturated carbocycles. The van der Waals surface area contributed by atoms with Crippen LogP contribution in [0.15, 0.2) is 23.2 Å². The Labute approximate surface area is 120 Å². The third kappa shape index (κ3) is 2.31. The minimum Gasteiger partial charge on any atom is -0.463 e. The molecule has 6 heteroatoms. The molecule has 2 amide bonds.